The van der Waals surface area contributed by atoms with E-state index < -0.39 is 72.6 Å². The Kier molecular flexibility index (Phi) is 12.4. The first-order valence-corrected chi connectivity index (χ1v) is 22.5. The molecule has 3 aliphatic rings. The molecule has 0 aliphatic carbocycles. The quantitative estimate of drug-likeness (QED) is 0.0994. The lowest BCUT2D eigenvalue weighted by Gasteiger charge is -2.30. The van der Waals surface area contributed by atoms with Gasteiger partial charge in [-0.2, -0.15) is 0 Å². The van der Waals surface area contributed by atoms with E-state index in [0.717, 1.165) is 5.56 Å². The monoisotopic (exact) mass is 935 g/mol. The Labute approximate surface area is 389 Å². The first-order chi connectivity index (χ1) is 32.6. The molecule has 4 N–H and O–H groups in total. The fraction of sp³-hybridized carbons (Fsp3) is 0.388. The number of rotatable bonds is 11. The third kappa shape index (κ3) is 8.38. The Morgan fingerprint density at radius 1 is 0.735 bits per heavy atom. The van der Waals surface area contributed by atoms with Crippen LogP contribution in [0.4, 0.5) is 22.8 Å². The molecular formula is C49H52F3N9O7. The smallest absolute Gasteiger partial charge is 0.407 e. The molecule has 3 aromatic carbocycles. The number of H-pyrrole nitrogens is 2. The second-order valence-corrected chi connectivity index (χ2v) is 18.1. The summed E-state index contributed by atoms with van der Waals surface area (Å²) in [5.74, 6) is -0.877. The highest BCUT2D eigenvalue weighted by Crippen LogP contribution is 2.48. The minimum absolute atomic E-state index is 0.00131. The highest BCUT2D eigenvalue weighted by atomic mass is 19.1. The highest BCUT2D eigenvalue weighted by molar-refractivity contribution is 5.93. The number of nitrogens with zero attached hydrogens (tertiary/aromatic N) is 5. The zero-order valence-corrected chi connectivity index (χ0v) is 38.3. The van der Waals surface area contributed by atoms with Gasteiger partial charge in [0.1, 0.15) is 41.8 Å². The van der Waals surface area contributed by atoms with Gasteiger partial charge in [0.2, 0.25) is 18.0 Å². The lowest BCUT2D eigenvalue weighted by molar-refractivity contribution is -0.136. The van der Waals surface area contributed by atoms with E-state index in [1.165, 1.54) is 24.0 Å². The molecule has 0 bridgehead atoms. The number of likely N-dealkylation sites (tertiary alicyclic amines) is 2. The second-order valence-electron chi connectivity index (χ2n) is 18.1. The summed E-state index contributed by atoms with van der Waals surface area (Å²) in [6.07, 6.45) is -1.76. The Bertz CT molecular complexity index is 2880. The van der Waals surface area contributed by atoms with E-state index in [1.807, 2.05) is 47.0 Å². The van der Waals surface area contributed by atoms with E-state index in [2.05, 4.69) is 30.6 Å². The number of ether oxygens (including phenoxy) is 3. The molecule has 7 atom stereocenters. The molecule has 16 nitrogen and oxygen atoms in total. The van der Waals surface area contributed by atoms with Crippen LogP contribution in [0.25, 0.3) is 44.7 Å². The molecule has 0 spiro atoms. The molecule has 0 saturated carbocycles. The van der Waals surface area contributed by atoms with E-state index in [0.29, 0.717) is 62.1 Å². The van der Waals surface area contributed by atoms with Crippen LogP contribution in [0.3, 0.4) is 0 Å². The van der Waals surface area contributed by atoms with Crippen LogP contribution in [0.5, 0.6) is 5.75 Å². The largest absolute Gasteiger partial charge is 0.465 e. The number of alkyl carbamates (subject to hydrolysis) is 2. The number of imidazole rings is 2. The number of benzene rings is 3. The Morgan fingerprint density at radius 3 is 1.76 bits per heavy atom. The van der Waals surface area contributed by atoms with Gasteiger partial charge in [0.05, 0.1) is 74.4 Å². The van der Waals surface area contributed by atoms with Gasteiger partial charge in [-0.05, 0) is 36.1 Å². The first-order valence-electron chi connectivity index (χ1n) is 22.5. The SMILES string of the molecule is COC(=O)N[C@H](C(=O)N1C[C@H](F)C[C@H]1c1ncc(-c2ccc3c(c2)OC(c2ccccc2)n2c-3c(F)c3cc(-c4cnc([C@@H]5C[C@@H](F)CN5C(=O)[C@@H](NC(=O)OC)C(C)C)[nH]4)ccc32)[nH]1)C(C)C. The molecule has 4 amide bonds. The number of methoxy groups -OCH3 is 2. The van der Waals surface area contributed by atoms with Gasteiger partial charge in [-0.15, -0.1) is 0 Å². The summed E-state index contributed by atoms with van der Waals surface area (Å²) >= 11 is 0. The number of aromatic nitrogens is 5. The van der Waals surface area contributed by atoms with Crippen molar-refractivity contribution in [2.75, 3.05) is 27.3 Å². The van der Waals surface area contributed by atoms with Crippen molar-refractivity contribution < 1.29 is 46.6 Å². The van der Waals surface area contributed by atoms with Crippen LogP contribution in [-0.2, 0) is 19.1 Å². The number of carbonyl (C=O) groups excluding carboxylic acids is 4. The summed E-state index contributed by atoms with van der Waals surface area (Å²) in [4.78, 5) is 70.1. The van der Waals surface area contributed by atoms with Crippen molar-refractivity contribution >= 4 is 34.9 Å². The highest BCUT2D eigenvalue weighted by Gasteiger charge is 2.43. The summed E-state index contributed by atoms with van der Waals surface area (Å²) in [7, 11) is 2.41. The number of hydrogen-bond donors (Lipinski definition) is 4. The average Bonchev–Trinajstić information content (AvgIpc) is 4.20. The maximum Gasteiger partial charge on any atom is 0.407 e. The van der Waals surface area contributed by atoms with Crippen molar-refractivity contribution in [1.29, 1.82) is 0 Å². The van der Waals surface area contributed by atoms with Crippen LogP contribution < -0.4 is 15.4 Å². The van der Waals surface area contributed by atoms with Crippen molar-refractivity contribution in [3.05, 3.63) is 102 Å². The number of hydrogen-bond acceptors (Lipinski definition) is 9. The standard InChI is InChI=1S/C49H52F3N9O7/c1-24(2)40(57-48(64)66-5)45(62)59-22-29(50)18-36(59)43-53-20-33(55-43)27-13-15-35-32(16-27)39(52)42-31-14-12-28(17-38(31)68-47(61(35)42)26-10-8-7-9-11-26)34-21-54-44(56-34)37-19-30(51)23-60(37)46(63)41(25(3)4)58-49(65)67-6/h7-17,20-21,24-25,29-30,36-37,40-41,47H,18-19,22-23H2,1-6H3,(H,53,55)(H,54,56)(H,57,64)(H,58,65)/t29-,30-,36+,37+,40+,41+,47?/m1/s1. The zero-order valence-electron chi connectivity index (χ0n) is 38.3. The summed E-state index contributed by atoms with van der Waals surface area (Å²) < 4.78 is 65.4. The molecular weight excluding hydrogens is 884 g/mol. The normalized spacial score (nSPS) is 20.8. The molecule has 68 heavy (non-hydrogen) atoms. The number of nitrogens with one attached hydrogen (secondary N) is 4. The van der Waals surface area contributed by atoms with Gasteiger partial charge in [-0.25, -0.2) is 32.7 Å². The third-order valence-electron chi connectivity index (χ3n) is 13.0. The van der Waals surface area contributed by atoms with Crippen LogP contribution in [0.2, 0.25) is 0 Å². The third-order valence-corrected chi connectivity index (χ3v) is 13.0. The van der Waals surface area contributed by atoms with Crippen molar-refractivity contribution in [3.8, 4) is 39.5 Å². The predicted octanol–water partition coefficient (Wildman–Crippen LogP) is 8.15. The molecule has 1 unspecified atom stereocenters. The molecule has 19 heteroatoms. The minimum atomic E-state index is -1.32. The first kappa shape index (κ1) is 45.8. The minimum Gasteiger partial charge on any atom is -0.465 e. The summed E-state index contributed by atoms with van der Waals surface area (Å²) in [5.41, 5.74) is 4.47. The van der Waals surface area contributed by atoms with Crippen molar-refractivity contribution in [2.45, 2.75) is 83.3 Å². The van der Waals surface area contributed by atoms with Crippen LogP contribution >= 0.6 is 0 Å². The van der Waals surface area contributed by atoms with Gasteiger partial charge in [0.25, 0.3) is 0 Å². The van der Waals surface area contributed by atoms with Crippen molar-refractivity contribution in [1.82, 2.24) is 44.9 Å². The Morgan fingerprint density at radius 2 is 1.25 bits per heavy atom. The van der Waals surface area contributed by atoms with Gasteiger partial charge in [-0.3, -0.25) is 14.2 Å². The van der Waals surface area contributed by atoms with Crippen LogP contribution in [-0.4, -0.2) is 110 Å². The molecule has 3 aliphatic heterocycles. The second kappa shape index (κ2) is 18.4. The Hall–Kier alpha value is -7.31. The van der Waals surface area contributed by atoms with Gasteiger partial charge in [-0.1, -0.05) is 70.2 Å². The topological polar surface area (TPSA) is 189 Å². The average molecular weight is 936 g/mol. The zero-order chi connectivity index (χ0) is 48.1. The van der Waals surface area contributed by atoms with Crippen LogP contribution in [0.15, 0.2) is 79.1 Å². The lowest BCUT2D eigenvalue weighted by Crippen LogP contribution is -2.51. The number of halogens is 3. The van der Waals surface area contributed by atoms with E-state index in [9.17, 15) is 19.2 Å². The van der Waals surface area contributed by atoms with Crippen molar-refractivity contribution in [3.63, 3.8) is 0 Å². The molecule has 3 aromatic heterocycles. The molecule has 2 fully saturated rings. The van der Waals surface area contributed by atoms with Gasteiger partial charge >= 0.3 is 12.2 Å². The molecule has 2 saturated heterocycles. The summed E-state index contributed by atoms with van der Waals surface area (Å²) in [5, 5.41) is 5.46. The fourth-order valence-electron chi connectivity index (χ4n) is 9.56. The number of aromatic amines is 2. The Balaban J connectivity index is 1.03. The van der Waals surface area contributed by atoms with Gasteiger partial charge in [0.15, 0.2) is 5.82 Å². The number of fused-ring (bicyclic) bond motifs is 5. The molecule has 6 aromatic rings. The summed E-state index contributed by atoms with van der Waals surface area (Å²) in [6, 6.07) is 16.8. The van der Waals surface area contributed by atoms with Crippen molar-refractivity contribution in [2.24, 2.45) is 11.8 Å². The van der Waals surface area contributed by atoms with Gasteiger partial charge < -0.3 is 44.6 Å². The number of alkyl halides is 2. The van der Waals surface area contributed by atoms with Gasteiger partial charge in [0, 0.05) is 40.5 Å². The number of amides is 4. The predicted molar refractivity (Wildman–Crippen MR) is 244 cm³/mol. The summed E-state index contributed by atoms with van der Waals surface area (Å²) in [6.45, 7) is 6.77. The molecule has 356 valence electrons. The fourth-order valence-corrected chi connectivity index (χ4v) is 9.56. The van der Waals surface area contributed by atoms with Crippen LogP contribution in [0.1, 0.15) is 76.1 Å². The molecule has 6 heterocycles. The lowest BCUT2D eigenvalue weighted by atomic mass is 10.0. The maximum atomic E-state index is 17.3. The van der Waals surface area contributed by atoms with E-state index in [1.54, 1.807) is 64.4 Å². The molecule has 0 radical (unpaired) electrons. The molecule has 9 rings (SSSR count). The van der Waals surface area contributed by atoms with E-state index in [-0.39, 0.29) is 37.8 Å². The van der Waals surface area contributed by atoms with E-state index >= 15 is 13.2 Å². The van der Waals surface area contributed by atoms with E-state index in [4.69, 9.17) is 14.2 Å². The maximum absolute atomic E-state index is 17.3. The van der Waals surface area contributed by atoms with Crippen LogP contribution in [0, 0.1) is 17.7 Å². The number of carbonyl (C=O) groups is 4.